The van der Waals surface area contributed by atoms with Gasteiger partial charge in [-0.05, 0) is 45.0 Å². The fourth-order valence-electron chi connectivity index (χ4n) is 2.65. The highest BCUT2D eigenvalue weighted by atomic mass is 35.5. The number of piperidine rings is 1. The van der Waals surface area contributed by atoms with Gasteiger partial charge in [-0.25, -0.2) is 0 Å². The van der Waals surface area contributed by atoms with Crippen LogP contribution in [0.15, 0.2) is 18.2 Å². The number of benzene rings is 1. The highest BCUT2D eigenvalue weighted by Gasteiger charge is 2.13. The van der Waals surface area contributed by atoms with Gasteiger partial charge in [0.1, 0.15) is 12.4 Å². The van der Waals surface area contributed by atoms with Crippen molar-refractivity contribution in [2.75, 3.05) is 26.2 Å². The number of likely N-dealkylation sites (tertiary alicyclic amines) is 1. The second-order valence-corrected chi connectivity index (χ2v) is 5.53. The van der Waals surface area contributed by atoms with Crippen LogP contribution in [0.1, 0.15) is 48.5 Å². The molecular formula is C17H26ClNO2. The number of ether oxygens (including phenoxy) is 1. The highest BCUT2D eigenvalue weighted by molar-refractivity contribution is 5.98. The smallest absolute Gasteiger partial charge is 0.166 e. The topological polar surface area (TPSA) is 29.5 Å². The largest absolute Gasteiger partial charge is 0.491 e. The molecule has 1 aromatic carbocycles. The van der Waals surface area contributed by atoms with Crippen LogP contribution in [0.3, 0.4) is 0 Å². The van der Waals surface area contributed by atoms with Gasteiger partial charge < -0.3 is 4.74 Å². The molecule has 21 heavy (non-hydrogen) atoms. The SMILES string of the molecule is CCC(=O)c1cc(C)ccc1OCCN1CCCCC1.Cl. The van der Waals surface area contributed by atoms with Gasteiger partial charge in [-0.1, -0.05) is 25.0 Å². The molecule has 0 radical (unpaired) electrons. The van der Waals surface area contributed by atoms with Gasteiger partial charge in [0.15, 0.2) is 5.78 Å². The van der Waals surface area contributed by atoms with E-state index in [9.17, 15) is 4.79 Å². The van der Waals surface area contributed by atoms with E-state index < -0.39 is 0 Å². The Morgan fingerprint density at radius 3 is 2.62 bits per heavy atom. The number of carbonyl (C=O) groups is 1. The second kappa shape index (κ2) is 9.06. The van der Waals surface area contributed by atoms with Gasteiger partial charge in [0, 0.05) is 13.0 Å². The molecule has 0 bridgehead atoms. The maximum Gasteiger partial charge on any atom is 0.166 e. The number of halogens is 1. The van der Waals surface area contributed by atoms with Crippen LogP contribution in [0.4, 0.5) is 0 Å². The third-order valence-electron chi connectivity index (χ3n) is 3.87. The van der Waals surface area contributed by atoms with Crippen molar-refractivity contribution < 1.29 is 9.53 Å². The summed E-state index contributed by atoms with van der Waals surface area (Å²) in [6.07, 6.45) is 4.46. The third kappa shape index (κ3) is 5.33. The van der Waals surface area contributed by atoms with E-state index in [0.29, 0.717) is 13.0 Å². The van der Waals surface area contributed by atoms with Crippen molar-refractivity contribution in [3.8, 4) is 5.75 Å². The lowest BCUT2D eigenvalue weighted by molar-refractivity contribution is 0.0983. The Bertz CT molecular complexity index is 456. The maximum atomic E-state index is 12.0. The predicted octanol–water partition coefficient (Wildman–Crippen LogP) is 3.87. The zero-order valence-corrected chi connectivity index (χ0v) is 13.9. The summed E-state index contributed by atoms with van der Waals surface area (Å²) in [4.78, 5) is 14.4. The number of hydrogen-bond acceptors (Lipinski definition) is 3. The fraction of sp³-hybridized carbons (Fsp3) is 0.588. The van der Waals surface area contributed by atoms with Crippen LogP contribution in [0.2, 0.25) is 0 Å². The summed E-state index contributed by atoms with van der Waals surface area (Å²) in [6, 6.07) is 5.86. The van der Waals surface area contributed by atoms with Crippen molar-refractivity contribution in [3.05, 3.63) is 29.3 Å². The van der Waals surface area contributed by atoms with E-state index in [1.807, 2.05) is 32.0 Å². The molecule has 1 heterocycles. The van der Waals surface area contributed by atoms with Crippen molar-refractivity contribution in [1.29, 1.82) is 0 Å². The number of nitrogens with zero attached hydrogens (tertiary/aromatic N) is 1. The molecule has 0 aliphatic carbocycles. The van der Waals surface area contributed by atoms with Crippen molar-refractivity contribution in [2.24, 2.45) is 0 Å². The third-order valence-corrected chi connectivity index (χ3v) is 3.87. The molecule has 0 saturated carbocycles. The van der Waals surface area contributed by atoms with E-state index in [1.54, 1.807) is 0 Å². The molecular weight excluding hydrogens is 286 g/mol. The molecule has 4 heteroatoms. The normalized spacial score (nSPS) is 15.3. The second-order valence-electron chi connectivity index (χ2n) is 5.53. The molecule has 0 amide bonds. The minimum atomic E-state index is 0. The van der Waals surface area contributed by atoms with Gasteiger partial charge >= 0.3 is 0 Å². The standard InChI is InChI=1S/C17H25NO2.ClH/c1-3-16(19)15-13-14(2)7-8-17(15)20-12-11-18-9-5-4-6-10-18;/h7-8,13H,3-6,9-12H2,1-2H3;1H. The number of ketones is 1. The lowest BCUT2D eigenvalue weighted by Gasteiger charge is -2.26. The molecule has 0 N–H and O–H groups in total. The molecule has 2 rings (SSSR count). The highest BCUT2D eigenvalue weighted by Crippen LogP contribution is 2.21. The van der Waals surface area contributed by atoms with Gasteiger partial charge in [0.2, 0.25) is 0 Å². The summed E-state index contributed by atoms with van der Waals surface area (Å²) in [5.74, 6) is 0.890. The first-order valence-corrected chi connectivity index (χ1v) is 7.69. The van der Waals surface area contributed by atoms with Crippen LogP contribution in [0, 0.1) is 6.92 Å². The Balaban J connectivity index is 0.00000220. The van der Waals surface area contributed by atoms with Crippen molar-refractivity contribution >= 4 is 18.2 Å². The first-order chi connectivity index (χ1) is 9.70. The van der Waals surface area contributed by atoms with E-state index in [2.05, 4.69) is 4.90 Å². The van der Waals surface area contributed by atoms with E-state index in [1.165, 1.54) is 32.4 Å². The fourth-order valence-corrected chi connectivity index (χ4v) is 2.65. The number of Topliss-reactive ketones (excluding diaryl/α,β-unsaturated/α-hetero) is 1. The van der Waals surface area contributed by atoms with Crippen molar-refractivity contribution in [2.45, 2.75) is 39.5 Å². The number of hydrogen-bond donors (Lipinski definition) is 0. The summed E-state index contributed by atoms with van der Waals surface area (Å²) in [7, 11) is 0. The molecule has 3 nitrogen and oxygen atoms in total. The van der Waals surface area contributed by atoms with Gasteiger partial charge in [-0.2, -0.15) is 0 Å². The molecule has 1 aliphatic heterocycles. The summed E-state index contributed by atoms with van der Waals surface area (Å²) in [5, 5.41) is 0. The van der Waals surface area contributed by atoms with Crippen LogP contribution < -0.4 is 4.74 Å². The molecule has 1 aromatic rings. The first-order valence-electron chi connectivity index (χ1n) is 7.69. The van der Waals surface area contributed by atoms with E-state index >= 15 is 0 Å². The van der Waals surface area contributed by atoms with Crippen molar-refractivity contribution in [1.82, 2.24) is 4.90 Å². The number of aryl methyl sites for hydroxylation is 1. The van der Waals surface area contributed by atoms with Crippen LogP contribution in [-0.2, 0) is 0 Å². The Hall–Kier alpha value is -1.06. The Labute approximate surface area is 134 Å². The molecule has 0 aromatic heterocycles. The van der Waals surface area contributed by atoms with Crippen LogP contribution in [-0.4, -0.2) is 36.9 Å². The minimum Gasteiger partial charge on any atom is -0.491 e. The molecule has 0 atom stereocenters. The molecule has 0 unspecified atom stereocenters. The monoisotopic (exact) mass is 311 g/mol. The van der Waals surface area contributed by atoms with Crippen LogP contribution in [0.25, 0.3) is 0 Å². The van der Waals surface area contributed by atoms with Gasteiger partial charge in [0.25, 0.3) is 0 Å². The Kier molecular flexibility index (Phi) is 7.76. The lowest BCUT2D eigenvalue weighted by atomic mass is 10.1. The van der Waals surface area contributed by atoms with Crippen molar-refractivity contribution in [3.63, 3.8) is 0 Å². The summed E-state index contributed by atoms with van der Waals surface area (Å²) >= 11 is 0. The summed E-state index contributed by atoms with van der Waals surface area (Å²) in [6.45, 7) is 7.86. The van der Waals surface area contributed by atoms with Gasteiger partial charge in [-0.15, -0.1) is 12.4 Å². The van der Waals surface area contributed by atoms with E-state index in [-0.39, 0.29) is 18.2 Å². The van der Waals surface area contributed by atoms with Crippen LogP contribution >= 0.6 is 12.4 Å². The number of carbonyl (C=O) groups excluding carboxylic acids is 1. The number of rotatable bonds is 6. The maximum absolute atomic E-state index is 12.0. The zero-order chi connectivity index (χ0) is 14.4. The molecule has 0 spiro atoms. The predicted molar refractivity (Wildman–Crippen MR) is 88.8 cm³/mol. The zero-order valence-electron chi connectivity index (χ0n) is 13.1. The van der Waals surface area contributed by atoms with E-state index in [0.717, 1.165) is 23.4 Å². The van der Waals surface area contributed by atoms with Gasteiger partial charge in [-0.3, -0.25) is 9.69 Å². The average Bonchev–Trinajstić information content (AvgIpc) is 2.49. The van der Waals surface area contributed by atoms with Gasteiger partial charge in [0.05, 0.1) is 5.56 Å². The molecule has 1 saturated heterocycles. The van der Waals surface area contributed by atoms with Crippen LogP contribution in [0.5, 0.6) is 5.75 Å². The Morgan fingerprint density at radius 2 is 1.95 bits per heavy atom. The van der Waals surface area contributed by atoms with E-state index in [4.69, 9.17) is 4.74 Å². The average molecular weight is 312 g/mol. The minimum absolute atomic E-state index is 0. The lowest BCUT2D eigenvalue weighted by Crippen LogP contribution is -2.33. The Morgan fingerprint density at radius 1 is 1.24 bits per heavy atom. The quantitative estimate of drug-likeness (QED) is 0.747. The molecule has 1 fully saturated rings. The first kappa shape index (κ1) is 18.0. The molecule has 1 aliphatic rings. The molecule has 118 valence electrons. The summed E-state index contributed by atoms with van der Waals surface area (Å²) in [5.41, 5.74) is 1.83. The summed E-state index contributed by atoms with van der Waals surface area (Å²) < 4.78 is 5.86.